The van der Waals surface area contributed by atoms with Crippen LogP contribution < -0.4 is 10.6 Å². The van der Waals surface area contributed by atoms with Gasteiger partial charge in [0.15, 0.2) is 0 Å². The van der Waals surface area contributed by atoms with Gasteiger partial charge in [-0.05, 0) is 30.2 Å². The number of hydrogen-bond donors (Lipinski definition) is 3. The Bertz CT molecular complexity index is 1120. The molecule has 1 aromatic heterocycles. The van der Waals surface area contributed by atoms with E-state index in [1.54, 1.807) is 13.0 Å². The molecule has 7 nitrogen and oxygen atoms in total. The Labute approximate surface area is 206 Å². The van der Waals surface area contributed by atoms with E-state index < -0.39 is 48.0 Å². The molecule has 0 aliphatic carbocycles. The number of nitrogens with zero attached hydrogens (tertiary/aromatic N) is 1. The average Bonchev–Trinajstić information content (AvgIpc) is 2.80. The molecular formula is C25H29F4N3O4. The molecule has 1 fully saturated rings. The molecule has 0 spiro atoms. The van der Waals surface area contributed by atoms with Crippen molar-refractivity contribution in [1.82, 2.24) is 10.3 Å². The highest BCUT2D eigenvalue weighted by atomic mass is 19.4. The minimum absolute atomic E-state index is 0.0612. The normalized spacial score (nSPS) is 18.6. The summed E-state index contributed by atoms with van der Waals surface area (Å²) in [7, 11) is 0. The molecular weight excluding hydrogens is 482 g/mol. The van der Waals surface area contributed by atoms with Gasteiger partial charge in [-0.15, -0.1) is 0 Å². The molecule has 2 amide bonds. The van der Waals surface area contributed by atoms with Crippen LogP contribution in [0, 0.1) is 5.82 Å². The number of rotatable bonds is 8. The molecule has 1 aromatic carbocycles. The molecule has 36 heavy (non-hydrogen) atoms. The quantitative estimate of drug-likeness (QED) is 0.470. The second-order valence-electron chi connectivity index (χ2n) is 9.34. The Morgan fingerprint density at radius 1 is 1.28 bits per heavy atom. The Balaban J connectivity index is 1.75. The first-order valence-corrected chi connectivity index (χ1v) is 11.5. The summed E-state index contributed by atoms with van der Waals surface area (Å²) in [6.45, 7) is 4.79. The van der Waals surface area contributed by atoms with Gasteiger partial charge in [0.2, 0.25) is 11.8 Å². The predicted molar refractivity (Wildman–Crippen MR) is 124 cm³/mol. The van der Waals surface area contributed by atoms with Crippen molar-refractivity contribution in [2.75, 3.05) is 25.1 Å². The molecule has 1 aliphatic heterocycles. The van der Waals surface area contributed by atoms with Crippen molar-refractivity contribution < 1.29 is 37.0 Å². The van der Waals surface area contributed by atoms with E-state index in [1.165, 1.54) is 26.0 Å². The number of aromatic nitrogens is 1. The lowest BCUT2D eigenvalue weighted by Crippen LogP contribution is -2.43. The second kappa shape index (κ2) is 10.9. The summed E-state index contributed by atoms with van der Waals surface area (Å²) >= 11 is 0. The van der Waals surface area contributed by atoms with Gasteiger partial charge in [-0.1, -0.05) is 26.0 Å². The fraction of sp³-hybridized carbons (Fsp3) is 0.480. The largest absolute Gasteiger partial charge is 0.418 e. The van der Waals surface area contributed by atoms with Crippen molar-refractivity contribution in [2.24, 2.45) is 0 Å². The molecule has 2 atom stereocenters. The van der Waals surface area contributed by atoms with Gasteiger partial charge >= 0.3 is 6.18 Å². The van der Waals surface area contributed by atoms with Crippen LogP contribution in [0.15, 0.2) is 30.5 Å². The number of pyridine rings is 1. The number of carbonyl (C=O) groups is 2. The average molecular weight is 512 g/mol. The lowest BCUT2D eigenvalue weighted by molar-refractivity contribution is -0.139. The van der Waals surface area contributed by atoms with E-state index in [4.69, 9.17) is 4.74 Å². The van der Waals surface area contributed by atoms with Gasteiger partial charge in [-0.3, -0.25) is 14.6 Å². The Morgan fingerprint density at radius 2 is 2.00 bits per heavy atom. The van der Waals surface area contributed by atoms with Gasteiger partial charge in [-0.25, -0.2) is 4.39 Å². The number of amides is 2. The number of piperidine rings is 1. The summed E-state index contributed by atoms with van der Waals surface area (Å²) in [6, 6.07) is 5.12. The van der Waals surface area contributed by atoms with E-state index in [2.05, 4.69) is 15.6 Å². The van der Waals surface area contributed by atoms with E-state index in [0.29, 0.717) is 18.7 Å². The van der Waals surface area contributed by atoms with Crippen molar-refractivity contribution >= 4 is 17.5 Å². The maximum absolute atomic E-state index is 14.8. The van der Waals surface area contributed by atoms with Crippen molar-refractivity contribution in [3.8, 4) is 0 Å². The minimum Gasteiger partial charge on any atom is -0.395 e. The third-order valence-corrected chi connectivity index (χ3v) is 6.10. The van der Waals surface area contributed by atoms with Crippen molar-refractivity contribution in [3.05, 3.63) is 58.7 Å². The third kappa shape index (κ3) is 6.38. The molecule has 2 heterocycles. The molecule has 0 radical (unpaired) electrons. The smallest absolute Gasteiger partial charge is 0.395 e. The van der Waals surface area contributed by atoms with Crippen molar-refractivity contribution in [2.45, 2.75) is 57.2 Å². The zero-order chi connectivity index (χ0) is 26.7. The maximum Gasteiger partial charge on any atom is 0.418 e. The van der Waals surface area contributed by atoms with E-state index in [9.17, 15) is 32.3 Å². The molecule has 2 unspecified atom stereocenters. The number of ether oxygens (including phenoxy) is 1. The number of carbonyl (C=O) groups excluding carboxylic acids is 2. The fourth-order valence-corrected chi connectivity index (χ4v) is 4.15. The molecule has 2 aromatic rings. The maximum atomic E-state index is 14.8. The highest BCUT2D eigenvalue weighted by Crippen LogP contribution is 2.37. The van der Waals surface area contributed by atoms with Crippen LogP contribution in [0.3, 0.4) is 0 Å². The Kier molecular flexibility index (Phi) is 8.35. The number of anilines is 1. The summed E-state index contributed by atoms with van der Waals surface area (Å²) in [6.07, 6.45) is -4.33. The van der Waals surface area contributed by atoms with Crippen LogP contribution in [0.1, 0.15) is 55.5 Å². The van der Waals surface area contributed by atoms with Gasteiger partial charge in [0.25, 0.3) is 0 Å². The van der Waals surface area contributed by atoms with Crippen LogP contribution in [0.4, 0.5) is 23.2 Å². The third-order valence-electron chi connectivity index (χ3n) is 6.10. The number of aliphatic hydroxyl groups is 1. The molecule has 0 saturated carbocycles. The highest BCUT2D eigenvalue weighted by Gasteiger charge is 2.39. The first-order valence-electron chi connectivity index (χ1n) is 11.5. The molecule has 3 rings (SSSR count). The Morgan fingerprint density at radius 3 is 2.61 bits per heavy atom. The summed E-state index contributed by atoms with van der Waals surface area (Å²) in [4.78, 5) is 28.0. The van der Waals surface area contributed by atoms with Crippen LogP contribution >= 0.6 is 0 Å². The van der Waals surface area contributed by atoms with E-state index >= 15 is 0 Å². The number of alkyl halides is 3. The fourth-order valence-electron chi connectivity index (χ4n) is 4.15. The van der Waals surface area contributed by atoms with Crippen LogP contribution in [0.2, 0.25) is 0 Å². The number of aliphatic hydroxyl groups excluding tert-OH is 1. The van der Waals surface area contributed by atoms with Crippen LogP contribution in [-0.4, -0.2) is 47.8 Å². The Hall–Kier alpha value is -3.05. The molecule has 1 saturated heterocycles. The zero-order valence-corrected chi connectivity index (χ0v) is 20.2. The number of hydrogen-bond acceptors (Lipinski definition) is 5. The first-order chi connectivity index (χ1) is 16.9. The van der Waals surface area contributed by atoms with E-state index in [0.717, 1.165) is 12.3 Å². The number of benzene rings is 1. The molecule has 196 valence electrons. The summed E-state index contributed by atoms with van der Waals surface area (Å²) < 4.78 is 61.3. The lowest BCUT2D eigenvalue weighted by atomic mass is 9.86. The van der Waals surface area contributed by atoms with Gasteiger partial charge in [0, 0.05) is 24.5 Å². The monoisotopic (exact) mass is 511 g/mol. The summed E-state index contributed by atoms with van der Waals surface area (Å²) in [5.74, 6) is -1.77. The van der Waals surface area contributed by atoms with Gasteiger partial charge < -0.3 is 20.5 Å². The van der Waals surface area contributed by atoms with E-state index in [1.807, 2.05) is 0 Å². The van der Waals surface area contributed by atoms with Crippen LogP contribution in [0.25, 0.3) is 0 Å². The summed E-state index contributed by atoms with van der Waals surface area (Å²) in [5, 5.41) is 14.5. The van der Waals surface area contributed by atoms with Crippen molar-refractivity contribution in [1.29, 1.82) is 0 Å². The standard InChI is InChI=1S/C25H29F4N3O4/c1-4-36-20-10-21(34)30-12-17(20)14-5-6-15(19(26)7-14)8-22(35)32-16-9-18(25(27,28)29)23(31-11-16)24(2,3)13-33/h5-7,9,11,17,20,33H,4,8,10,12-13H2,1-3H3,(H,30,34)(H,32,35). The molecule has 11 heteroatoms. The molecule has 3 N–H and O–H groups in total. The minimum atomic E-state index is -4.75. The topological polar surface area (TPSA) is 101 Å². The van der Waals surface area contributed by atoms with Gasteiger partial charge in [-0.2, -0.15) is 13.2 Å². The zero-order valence-electron chi connectivity index (χ0n) is 20.2. The second-order valence-corrected chi connectivity index (χ2v) is 9.34. The number of halogens is 4. The number of nitrogens with one attached hydrogen (secondary N) is 2. The lowest BCUT2D eigenvalue weighted by Gasteiger charge is -2.31. The molecule has 0 bridgehead atoms. The van der Waals surface area contributed by atoms with Gasteiger partial charge in [0.05, 0.1) is 48.7 Å². The van der Waals surface area contributed by atoms with Crippen LogP contribution in [-0.2, 0) is 32.3 Å². The highest BCUT2D eigenvalue weighted by molar-refractivity contribution is 5.92. The van der Waals surface area contributed by atoms with Crippen LogP contribution in [0.5, 0.6) is 0 Å². The van der Waals surface area contributed by atoms with Crippen molar-refractivity contribution in [3.63, 3.8) is 0 Å². The van der Waals surface area contributed by atoms with Gasteiger partial charge in [0.1, 0.15) is 5.82 Å². The van der Waals surface area contributed by atoms with E-state index in [-0.39, 0.29) is 35.2 Å². The first kappa shape index (κ1) is 27.5. The predicted octanol–water partition coefficient (Wildman–Crippen LogP) is 3.70. The summed E-state index contributed by atoms with van der Waals surface area (Å²) in [5.41, 5.74) is -2.19. The SMILES string of the molecule is CCOC1CC(=O)NCC1c1ccc(CC(=O)Nc2cnc(C(C)(C)CO)c(C(F)(F)F)c2)c(F)c1. The molecule has 1 aliphatic rings.